The molecule has 0 atom stereocenters. The third-order valence-electron chi connectivity index (χ3n) is 5.67. The summed E-state index contributed by atoms with van der Waals surface area (Å²) >= 11 is 6.28. The topological polar surface area (TPSA) is 94.4 Å². The molecular formula is C23H19BClN4O4S. The number of aromatic nitrogens is 3. The lowest BCUT2D eigenvalue weighted by molar-refractivity contribution is 0.0765. The van der Waals surface area contributed by atoms with Gasteiger partial charge in [0, 0.05) is 13.1 Å². The highest BCUT2D eigenvalue weighted by molar-refractivity contribution is 7.90. The van der Waals surface area contributed by atoms with Crippen LogP contribution < -0.4 is 4.74 Å². The van der Waals surface area contributed by atoms with E-state index in [9.17, 15) is 13.2 Å². The predicted octanol–water partition coefficient (Wildman–Crippen LogP) is 3.17. The molecule has 1 aliphatic rings. The lowest BCUT2D eigenvalue weighted by atomic mass is 9.89. The monoisotopic (exact) mass is 493 g/mol. The first kappa shape index (κ1) is 22.6. The lowest BCUT2D eigenvalue weighted by Crippen LogP contribution is -2.55. The molecule has 2 aromatic heterocycles. The number of aryl methyl sites for hydroxylation is 1. The molecule has 0 saturated carbocycles. The van der Waals surface area contributed by atoms with Gasteiger partial charge in [-0.15, -0.1) is 0 Å². The van der Waals surface area contributed by atoms with E-state index < -0.39 is 10.0 Å². The standard InChI is InChI=1S/C23H19BClN4O4S/c1-15-2-8-19(9-3-15)34(31,32)29-21(10-20-22(25)26-14-27-23(20)29)16-4-6-17(7-5-16)33-18-11-28(12-18)24-13-30/h2-10,13-14,18H,11-12H2,1H3. The second kappa shape index (κ2) is 8.86. The van der Waals surface area contributed by atoms with Crippen molar-refractivity contribution in [3.63, 3.8) is 0 Å². The van der Waals surface area contributed by atoms with Crippen molar-refractivity contribution < 1.29 is 17.9 Å². The fourth-order valence-corrected chi connectivity index (χ4v) is 5.53. The highest BCUT2D eigenvalue weighted by atomic mass is 35.5. The van der Waals surface area contributed by atoms with Gasteiger partial charge in [-0.3, -0.25) is 0 Å². The number of carbonyl (C=O) groups is 1. The van der Waals surface area contributed by atoms with Crippen molar-refractivity contribution in [3.05, 3.63) is 71.6 Å². The van der Waals surface area contributed by atoms with Gasteiger partial charge in [-0.1, -0.05) is 29.3 Å². The Morgan fingerprint density at radius 1 is 1.09 bits per heavy atom. The first-order valence-electron chi connectivity index (χ1n) is 10.5. The van der Waals surface area contributed by atoms with Gasteiger partial charge >= 0.3 is 0 Å². The third kappa shape index (κ3) is 4.09. The van der Waals surface area contributed by atoms with Crippen LogP contribution in [-0.2, 0) is 14.8 Å². The fraction of sp³-hybridized carbons (Fsp3) is 0.174. The molecule has 1 aliphatic heterocycles. The molecular weight excluding hydrogens is 475 g/mol. The van der Waals surface area contributed by atoms with E-state index in [0.29, 0.717) is 35.5 Å². The number of hydrogen-bond donors (Lipinski definition) is 0. The van der Waals surface area contributed by atoms with Crippen molar-refractivity contribution in [2.75, 3.05) is 13.1 Å². The van der Waals surface area contributed by atoms with E-state index in [-0.39, 0.29) is 21.8 Å². The highest BCUT2D eigenvalue weighted by Gasteiger charge is 2.29. The number of benzene rings is 2. The summed E-state index contributed by atoms with van der Waals surface area (Å²) in [7, 11) is -2.48. The second-order valence-corrected chi connectivity index (χ2v) is 10.2. The Labute approximate surface area is 202 Å². The minimum Gasteiger partial charge on any atom is -0.488 e. The van der Waals surface area contributed by atoms with Gasteiger partial charge in [-0.2, -0.15) is 0 Å². The molecule has 1 radical (unpaired) electrons. The Balaban J connectivity index is 1.53. The van der Waals surface area contributed by atoms with Crippen molar-refractivity contribution in [1.29, 1.82) is 0 Å². The minimum absolute atomic E-state index is 0.00973. The maximum atomic E-state index is 13.7. The second-order valence-electron chi connectivity index (χ2n) is 8.02. The number of fused-ring (bicyclic) bond motifs is 1. The molecule has 11 heteroatoms. The zero-order valence-electron chi connectivity index (χ0n) is 18.1. The molecule has 171 valence electrons. The number of halogens is 1. The molecule has 0 N–H and O–H groups in total. The van der Waals surface area contributed by atoms with E-state index in [0.717, 1.165) is 11.7 Å². The van der Waals surface area contributed by atoms with E-state index >= 15 is 0 Å². The largest absolute Gasteiger partial charge is 0.488 e. The average Bonchev–Trinajstić information content (AvgIpc) is 3.20. The van der Waals surface area contributed by atoms with E-state index in [1.165, 1.54) is 17.7 Å². The van der Waals surface area contributed by atoms with Crippen LogP contribution in [0.25, 0.3) is 22.3 Å². The molecule has 0 aliphatic carbocycles. The number of nitrogens with zero attached hydrogens (tertiary/aromatic N) is 4. The summed E-state index contributed by atoms with van der Waals surface area (Å²) in [4.78, 5) is 20.8. The zero-order valence-corrected chi connectivity index (χ0v) is 19.7. The third-order valence-corrected chi connectivity index (χ3v) is 7.69. The molecule has 3 heterocycles. The van der Waals surface area contributed by atoms with E-state index in [1.54, 1.807) is 54.6 Å². The summed E-state index contributed by atoms with van der Waals surface area (Å²) in [5.41, 5.74) is 2.23. The molecule has 0 spiro atoms. The fourth-order valence-electron chi connectivity index (χ4n) is 3.87. The lowest BCUT2D eigenvalue weighted by Gasteiger charge is -2.37. The van der Waals surface area contributed by atoms with Gasteiger partial charge in [0.1, 0.15) is 23.3 Å². The quantitative estimate of drug-likeness (QED) is 0.222. The first-order valence-corrected chi connectivity index (χ1v) is 12.3. The summed E-state index contributed by atoms with van der Waals surface area (Å²) < 4.78 is 34.5. The van der Waals surface area contributed by atoms with Gasteiger partial charge in [0.2, 0.25) is 0 Å². The Kier molecular flexibility index (Phi) is 5.89. The van der Waals surface area contributed by atoms with E-state index in [4.69, 9.17) is 16.3 Å². The van der Waals surface area contributed by atoms with Crippen molar-refractivity contribution in [1.82, 2.24) is 18.8 Å². The van der Waals surface area contributed by atoms with Crippen LogP contribution in [0.3, 0.4) is 0 Å². The maximum Gasteiger partial charge on any atom is 0.293 e. The van der Waals surface area contributed by atoms with Gasteiger partial charge in [-0.25, -0.2) is 22.4 Å². The molecule has 1 fully saturated rings. The van der Waals surface area contributed by atoms with Gasteiger partial charge in [0.05, 0.1) is 22.2 Å². The summed E-state index contributed by atoms with van der Waals surface area (Å²) in [6.07, 6.45) is 1.99. The van der Waals surface area contributed by atoms with Gasteiger partial charge < -0.3 is 14.3 Å². The summed E-state index contributed by atoms with van der Waals surface area (Å²) in [6, 6.07) is 15.5. The number of rotatable bonds is 7. The van der Waals surface area contributed by atoms with Crippen LogP contribution in [0.5, 0.6) is 5.75 Å². The summed E-state index contributed by atoms with van der Waals surface area (Å²) in [5, 5.41) is 0.613. The van der Waals surface area contributed by atoms with E-state index in [2.05, 4.69) is 9.97 Å². The van der Waals surface area contributed by atoms with Crippen LogP contribution in [0, 0.1) is 6.92 Å². The maximum absolute atomic E-state index is 13.7. The molecule has 5 rings (SSSR count). The summed E-state index contributed by atoms with van der Waals surface area (Å²) in [5.74, 6) is 0.654. The molecule has 4 aromatic rings. The molecule has 0 unspecified atom stereocenters. The molecule has 8 nitrogen and oxygen atoms in total. The Hall–Kier alpha value is -3.21. The van der Waals surface area contributed by atoms with Crippen LogP contribution in [0.1, 0.15) is 5.56 Å². The molecule has 2 aromatic carbocycles. The highest BCUT2D eigenvalue weighted by Crippen LogP contribution is 2.34. The predicted molar refractivity (Wildman–Crippen MR) is 130 cm³/mol. The van der Waals surface area contributed by atoms with Crippen LogP contribution in [-0.4, -0.2) is 60.0 Å². The minimum atomic E-state index is -3.97. The van der Waals surface area contributed by atoms with Crippen molar-refractivity contribution in [2.24, 2.45) is 0 Å². The summed E-state index contributed by atoms with van der Waals surface area (Å²) in [6.45, 7) is 3.17. The van der Waals surface area contributed by atoms with Crippen molar-refractivity contribution in [2.45, 2.75) is 17.9 Å². The van der Waals surface area contributed by atoms with E-state index in [1.807, 2.05) is 11.7 Å². The molecule has 0 amide bonds. The Morgan fingerprint density at radius 3 is 2.47 bits per heavy atom. The van der Waals surface area contributed by atoms with Gasteiger partial charge in [-0.05, 0) is 55.0 Å². The van der Waals surface area contributed by atoms with Crippen molar-refractivity contribution in [3.8, 4) is 17.0 Å². The average molecular weight is 494 g/mol. The SMILES string of the molecule is Cc1ccc(S(=O)(=O)n2c(-c3ccc(OC4CN([B]C=O)C4)cc3)cc3c(Cl)ncnc32)cc1. The molecule has 0 bridgehead atoms. The Morgan fingerprint density at radius 2 is 1.79 bits per heavy atom. The molecule has 1 saturated heterocycles. The van der Waals surface area contributed by atoms with Gasteiger partial charge in [0.15, 0.2) is 5.65 Å². The normalized spacial score (nSPS) is 14.6. The van der Waals surface area contributed by atoms with Crippen LogP contribution >= 0.6 is 11.6 Å². The molecule has 34 heavy (non-hydrogen) atoms. The van der Waals surface area contributed by atoms with Crippen LogP contribution in [0.2, 0.25) is 5.15 Å². The smallest absolute Gasteiger partial charge is 0.293 e. The number of ether oxygens (including phenoxy) is 1. The Bertz CT molecular complexity index is 1470. The van der Waals surface area contributed by atoms with Crippen LogP contribution in [0.15, 0.2) is 65.8 Å². The number of hydrogen-bond acceptors (Lipinski definition) is 7. The first-order chi connectivity index (χ1) is 16.4. The van der Waals surface area contributed by atoms with Crippen molar-refractivity contribution >= 4 is 46.3 Å². The van der Waals surface area contributed by atoms with Crippen LogP contribution in [0.4, 0.5) is 0 Å². The zero-order chi connectivity index (χ0) is 23.9. The number of carbonyl (C=O) groups excluding carboxylic acids is 1. The van der Waals surface area contributed by atoms with Gasteiger partial charge in [0.25, 0.3) is 17.4 Å².